The molecule has 12 heavy (non-hydrogen) atoms. The van der Waals surface area contributed by atoms with Crippen LogP contribution in [0.2, 0.25) is 0 Å². The molecule has 0 spiro atoms. The van der Waals surface area contributed by atoms with Gasteiger partial charge < -0.3 is 10.1 Å². The highest BCUT2D eigenvalue weighted by Gasteiger charge is 2.03. The maximum atomic E-state index is 11.0. The lowest BCUT2D eigenvalue weighted by atomic mass is 10.2. The summed E-state index contributed by atoms with van der Waals surface area (Å²) < 4.78 is 5.15. The minimum absolute atomic E-state index is 0.0364. The highest BCUT2D eigenvalue weighted by atomic mass is 16.5. The monoisotopic (exact) mass is 173 g/mol. The summed E-state index contributed by atoms with van der Waals surface area (Å²) in [5.41, 5.74) is 0. The Morgan fingerprint density at radius 1 is 1.33 bits per heavy atom. The van der Waals surface area contributed by atoms with Crippen molar-refractivity contribution in [1.29, 1.82) is 0 Å². The molecule has 0 bridgehead atoms. The quantitative estimate of drug-likeness (QED) is 0.678. The topological polar surface area (TPSA) is 38.3 Å². The molecule has 0 aliphatic rings. The summed E-state index contributed by atoms with van der Waals surface area (Å²) in [6.07, 6.45) is 0. The first-order valence-electron chi connectivity index (χ1n) is 4.39. The van der Waals surface area contributed by atoms with Gasteiger partial charge in [0.2, 0.25) is 5.91 Å². The van der Waals surface area contributed by atoms with Crippen molar-refractivity contribution in [1.82, 2.24) is 5.32 Å². The molecule has 0 aromatic rings. The van der Waals surface area contributed by atoms with Crippen LogP contribution in [-0.4, -0.2) is 25.2 Å². The minimum Gasteiger partial charge on any atom is -0.371 e. The van der Waals surface area contributed by atoms with Gasteiger partial charge in [0.15, 0.2) is 0 Å². The van der Waals surface area contributed by atoms with Crippen LogP contribution in [0.15, 0.2) is 0 Å². The van der Waals surface area contributed by atoms with Crippen LogP contribution in [0.1, 0.15) is 27.7 Å². The number of rotatable bonds is 5. The number of ether oxygens (including phenoxy) is 1. The predicted molar refractivity (Wildman–Crippen MR) is 48.9 cm³/mol. The normalized spacial score (nSPS) is 10.8. The summed E-state index contributed by atoms with van der Waals surface area (Å²) in [4.78, 5) is 11.0. The fraction of sp³-hybridized carbons (Fsp3) is 0.889. The number of carbonyl (C=O) groups is 1. The second-order valence-electron chi connectivity index (χ2n) is 3.63. The van der Waals surface area contributed by atoms with Gasteiger partial charge in [0.1, 0.15) is 6.61 Å². The number of hydrogen-bond acceptors (Lipinski definition) is 2. The Labute approximate surface area is 74.5 Å². The van der Waals surface area contributed by atoms with Gasteiger partial charge in [0, 0.05) is 12.6 Å². The molecule has 0 atom stereocenters. The van der Waals surface area contributed by atoms with E-state index in [4.69, 9.17) is 4.74 Å². The summed E-state index contributed by atoms with van der Waals surface area (Å²) in [6, 6.07) is 0.195. The van der Waals surface area contributed by atoms with Gasteiger partial charge >= 0.3 is 0 Å². The highest BCUT2D eigenvalue weighted by Crippen LogP contribution is 1.91. The van der Waals surface area contributed by atoms with Crippen molar-refractivity contribution < 1.29 is 9.53 Å². The van der Waals surface area contributed by atoms with Crippen LogP contribution in [0.3, 0.4) is 0 Å². The van der Waals surface area contributed by atoms with Crippen molar-refractivity contribution in [2.24, 2.45) is 5.92 Å². The zero-order valence-electron chi connectivity index (χ0n) is 8.39. The number of nitrogens with one attached hydrogen (secondary N) is 1. The molecule has 0 aliphatic heterocycles. The van der Waals surface area contributed by atoms with Crippen molar-refractivity contribution in [3.63, 3.8) is 0 Å². The molecule has 0 fully saturated rings. The minimum atomic E-state index is -0.0364. The van der Waals surface area contributed by atoms with Crippen LogP contribution >= 0.6 is 0 Å². The Bertz CT molecular complexity index is 132. The number of hydrogen-bond donors (Lipinski definition) is 1. The van der Waals surface area contributed by atoms with E-state index >= 15 is 0 Å². The average molecular weight is 173 g/mol. The van der Waals surface area contributed by atoms with Crippen LogP contribution < -0.4 is 5.32 Å². The van der Waals surface area contributed by atoms with E-state index in [1.54, 1.807) is 0 Å². The largest absolute Gasteiger partial charge is 0.371 e. The molecule has 3 nitrogen and oxygen atoms in total. The lowest BCUT2D eigenvalue weighted by molar-refractivity contribution is -0.126. The van der Waals surface area contributed by atoms with Crippen LogP contribution in [-0.2, 0) is 9.53 Å². The van der Waals surface area contributed by atoms with E-state index in [9.17, 15) is 4.79 Å². The van der Waals surface area contributed by atoms with Crippen molar-refractivity contribution in [3.05, 3.63) is 0 Å². The fourth-order valence-electron chi connectivity index (χ4n) is 0.751. The summed E-state index contributed by atoms with van der Waals surface area (Å²) in [5.74, 6) is 0.447. The zero-order chi connectivity index (χ0) is 9.56. The summed E-state index contributed by atoms with van der Waals surface area (Å²) >= 11 is 0. The van der Waals surface area contributed by atoms with Crippen molar-refractivity contribution in [3.8, 4) is 0 Å². The third-order valence-electron chi connectivity index (χ3n) is 1.13. The molecule has 0 unspecified atom stereocenters. The van der Waals surface area contributed by atoms with E-state index in [2.05, 4.69) is 19.2 Å². The Kier molecular flexibility index (Phi) is 5.72. The number of amides is 1. The molecule has 0 saturated carbocycles. The van der Waals surface area contributed by atoms with Crippen molar-refractivity contribution in [2.45, 2.75) is 33.7 Å². The first-order valence-corrected chi connectivity index (χ1v) is 4.39. The highest BCUT2D eigenvalue weighted by molar-refractivity contribution is 5.77. The first kappa shape index (κ1) is 11.4. The molecule has 1 N–H and O–H groups in total. The van der Waals surface area contributed by atoms with Gasteiger partial charge in [-0.15, -0.1) is 0 Å². The smallest absolute Gasteiger partial charge is 0.246 e. The van der Waals surface area contributed by atoms with E-state index < -0.39 is 0 Å². The molecule has 72 valence electrons. The molecule has 0 saturated heterocycles. The third-order valence-corrected chi connectivity index (χ3v) is 1.13. The lowest BCUT2D eigenvalue weighted by Crippen LogP contribution is -2.33. The van der Waals surface area contributed by atoms with Crippen LogP contribution in [0, 0.1) is 5.92 Å². The molecule has 0 aliphatic carbocycles. The molecule has 0 radical (unpaired) electrons. The molecule has 0 heterocycles. The predicted octanol–water partition coefficient (Wildman–Crippen LogP) is 1.18. The molecule has 0 aromatic heterocycles. The van der Waals surface area contributed by atoms with Gasteiger partial charge in [-0.3, -0.25) is 4.79 Å². The van der Waals surface area contributed by atoms with Gasteiger partial charge in [-0.2, -0.15) is 0 Å². The van der Waals surface area contributed by atoms with Crippen LogP contribution in [0.25, 0.3) is 0 Å². The molecule has 1 amide bonds. The Hall–Kier alpha value is -0.570. The zero-order valence-corrected chi connectivity index (χ0v) is 8.39. The molecule has 0 aromatic carbocycles. The fourth-order valence-corrected chi connectivity index (χ4v) is 0.751. The summed E-state index contributed by atoms with van der Waals surface area (Å²) in [6.45, 7) is 8.79. The summed E-state index contributed by atoms with van der Waals surface area (Å²) in [5, 5.41) is 2.75. The van der Waals surface area contributed by atoms with E-state index in [1.807, 2.05) is 13.8 Å². The average Bonchev–Trinajstić information content (AvgIpc) is 1.84. The van der Waals surface area contributed by atoms with Gasteiger partial charge in [0.05, 0.1) is 0 Å². The van der Waals surface area contributed by atoms with Crippen LogP contribution in [0.4, 0.5) is 0 Å². The van der Waals surface area contributed by atoms with Gasteiger partial charge in [-0.25, -0.2) is 0 Å². The van der Waals surface area contributed by atoms with Crippen molar-refractivity contribution >= 4 is 5.91 Å². The Morgan fingerprint density at radius 2 is 1.92 bits per heavy atom. The van der Waals surface area contributed by atoms with Crippen LogP contribution in [0.5, 0.6) is 0 Å². The maximum absolute atomic E-state index is 11.0. The molecule has 0 rings (SSSR count). The molecule has 3 heteroatoms. The number of carbonyl (C=O) groups excluding carboxylic acids is 1. The second-order valence-corrected chi connectivity index (χ2v) is 3.63. The van der Waals surface area contributed by atoms with Gasteiger partial charge in [0.25, 0.3) is 0 Å². The van der Waals surface area contributed by atoms with Gasteiger partial charge in [-0.1, -0.05) is 13.8 Å². The third kappa shape index (κ3) is 7.54. The maximum Gasteiger partial charge on any atom is 0.246 e. The standard InChI is InChI=1S/C9H19NO2/c1-7(2)5-12-6-9(11)10-8(3)4/h7-8H,5-6H2,1-4H3,(H,10,11). The second kappa shape index (κ2) is 6.00. The van der Waals surface area contributed by atoms with Gasteiger partial charge in [-0.05, 0) is 19.8 Å². The van der Waals surface area contributed by atoms with Crippen molar-refractivity contribution in [2.75, 3.05) is 13.2 Å². The SMILES string of the molecule is CC(C)COCC(=O)NC(C)C. The molecular formula is C9H19NO2. The van der Waals surface area contributed by atoms with E-state index in [-0.39, 0.29) is 18.6 Å². The van der Waals surface area contributed by atoms with E-state index in [1.165, 1.54) is 0 Å². The van der Waals surface area contributed by atoms with E-state index in [0.29, 0.717) is 12.5 Å². The molecular weight excluding hydrogens is 154 g/mol. The Balaban J connectivity index is 3.32. The van der Waals surface area contributed by atoms with E-state index in [0.717, 1.165) is 0 Å². The Morgan fingerprint density at radius 3 is 2.33 bits per heavy atom. The summed E-state index contributed by atoms with van der Waals surface area (Å²) in [7, 11) is 0. The lowest BCUT2D eigenvalue weighted by Gasteiger charge is -2.09. The first-order chi connectivity index (χ1) is 5.52.